The van der Waals surface area contributed by atoms with Gasteiger partial charge in [-0.2, -0.15) is 0 Å². The molecular formula is C53H96O9. The summed E-state index contributed by atoms with van der Waals surface area (Å²) >= 11 is 0. The zero-order valence-electron chi connectivity index (χ0n) is 39.9. The van der Waals surface area contributed by atoms with Crippen LogP contribution in [0.3, 0.4) is 0 Å². The Balaban J connectivity index is 2.15. The van der Waals surface area contributed by atoms with Crippen LogP contribution >= 0.6 is 0 Å². The van der Waals surface area contributed by atoms with E-state index in [2.05, 4.69) is 62.5 Å². The molecule has 0 aromatic carbocycles. The number of aliphatic hydroxyl groups is 4. The van der Waals surface area contributed by atoms with Crippen LogP contribution in [0.4, 0.5) is 0 Å². The molecule has 0 aromatic rings. The van der Waals surface area contributed by atoms with Gasteiger partial charge in [-0.3, -0.25) is 4.79 Å². The van der Waals surface area contributed by atoms with Crippen LogP contribution in [0.5, 0.6) is 0 Å². The van der Waals surface area contributed by atoms with E-state index in [0.29, 0.717) is 6.61 Å². The Labute approximate surface area is 380 Å². The number of hydrogen-bond acceptors (Lipinski definition) is 9. The predicted molar refractivity (Wildman–Crippen MR) is 256 cm³/mol. The summed E-state index contributed by atoms with van der Waals surface area (Å²) < 4.78 is 22.8. The third-order valence-corrected chi connectivity index (χ3v) is 11.7. The Morgan fingerprint density at radius 1 is 0.532 bits per heavy atom. The second kappa shape index (κ2) is 44.4. The summed E-state index contributed by atoms with van der Waals surface area (Å²) in [6.07, 6.45) is 48.8. The first kappa shape index (κ1) is 58.2. The predicted octanol–water partition coefficient (Wildman–Crippen LogP) is 12.5. The highest BCUT2D eigenvalue weighted by atomic mass is 16.7. The lowest BCUT2D eigenvalue weighted by Crippen LogP contribution is -2.59. The molecule has 1 aliphatic rings. The number of carbonyl (C=O) groups excluding carboxylic acids is 1. The molecule has 62 heavy (non-hydrogen) atoms. The van der Waals surface area contributed by atoms with Crippen molar-refractivity contribution in [2.75, 3.05) is 26.4 Å². The maximum absolute atomic E-state index is 12.8. The summed E-state index contributed by atoms with van der Waals surface area (Å²) in [5, 5.41) is 40.2. The van der Waals surface area contributed by atoms with Crippen molar-refractivity contribution in [2.45, 2.75) is 256 Å². The minimum Gasteiger partial charge on any atom is -0.457 e. The first-order valence-corrected chi connectivity index (χ1v) is 25.7. The van der Waals surface area contributed by atoms with Crippen molar-refractivity contribution >= 4 is 5.97 Å². The number of ether oxygens (including phenoxy) is 4. The lowest BCUT2D eigenvalue weighted by molar-refractivity contribution is -0.305. The van der Waals surface area contributed by atoms with Crippen molar-refractivity contribution in [3.63, 3.8) is 0 Å². The molecule has 6 atom stereocenters. The highest BCUT2D eigenvalue weighted by molar-refractivity contribution is 5.69. The van der Waals surface area contributed by atoms with Crippen LogP contribution in [0.1, 0.15) is 219 Å². The van der Waals surface area contributed by atoms with E-state index in [4.69, 9.17) is 18.9 Å². The lowest BCUT2D eigenvalue weighted by atomic mass is 9.99. The molecule has 4 N–H and O–H groups in total. The van der Waals surface area contributed by atoms with E-state index in [1.807, 2.05) is 0 Å². The second-order valence-electron chi connectivity index (χ2n) is 17.6. The summed E-state index contributed by atoms with van der Waals surface area (Å²) in [6, 6.07) is 0. The van der Waals surface area contributed by atoms with Gasteiger partial charge in [0, 0.05) is 13.0 Å². The molecule has 0 spiro atoms. The maximum atomic E-state index is 12.8. The standard InChI is InChI=1S/C53H96O9/c1-3-5-7-9-11-13-15-17-18-19-20-21-22-23-24-25-26-27-28-29-31-33-35-37-39-41-43-59-45-47(46-60-53-52(58)51(57)50(56)48(44-54)62-53)61-49(55)42-40-38-36-34-32-30-16-14-12-10-8-6-4-2/h6,8,12,14,19-20,30,32,47-48,50-54,56-58H,3-5,7,9-11,13,15-18,21-29,31,33-46H2,1-2H3/b8-6-,14-12-,20-19-,32-30-. The van der Waals surface area contributed by atoms with Gasteiger partial charge in [0.05, 0.1) is 19.8 Å². The average molecular weight is 877 g/mol. The van der Waals surface area contributed by atoms with E-state index in [9.17, 15) is 25.2 Å². The Morgan fingerprint density at radius 3 is 1.50 bits per heavy atom. The van der Waals surface area contributed by atoms with Crippen LogP contribution in [-0.4, -0.2) is 89.6 Å². The van der Waals surface area contributed by atoms with Gasteiger partial charge in [0.25, 0.3) is 0 Å². The number of rotatable bonds is 44. The van der Waals surface area contributed by atoms with Crippen LogP contribution in [0.15, 0.2) is 48.6 Å². The minimum atomic E-state index is -1.54. The molecule has 0 saturated carbocycles. The highest BCUT2D eigenvalue weighted by Crippen LogP contribution is 2.23. The largest absolute Gasteiger partial charge is 0.457 e. The first-order valence-electron chi connectivity index (χ1n) is 25.7. The fourth-order valence-corrected chi connectivity index (χ4v) is 7.74. The smallest absolute Gasteiger partial charge is 0.306 e. The van der Waals surface area contributed by atoms with Crippen LogP contribution in [-0.2, 0) is 23.7 Å². The normalized spacial score (nSPS) is 20.1. The number of unbranched alkanes of at least 4 members (excludes halogenated alkanes) is 25. The van der Waals surface area contributed by atoms with Gasteiger partial charge in [-0.25, -0.2) is 0 Å². The monoisotopic (exact) mass is 877 g/mol. The fourth-order valence-electron chi connectivity index (χ4n) is 7.74. The summed E-state index contributed by atoms with van der Waals surface area (Å²) in [5.74, 6) is -0.341. The Hall–Kier alpha value is -1.85. The molecule has 0 aromatic heterocycles. The molecule has 1 heterocycles. The van der Waals surface area contributed by atoms with Gasteiger partial charge in [0.15, 0.2) is 6.29 Å². The molecule has 362 valence electrons. The molecule has 9 nitrogen and oxygen atoms in total. The highest BCUT2D eigenvalue weighted by Gasteiger charge is 2.44. The Kier molecular flexibility index (Phi) is 41.6. The van der Waals surface area contributed by atoms with Gasteiger partial charge in [0.1, 0.15) is 30.5 Å². The van der Waals surface area contributed by atoms with Crippen LogP contribution in [0.25, 0.3) is 0 Å². The molecular weight excluding hydrogens is 781 g/mol. The molecule has 9 heteroatoms. The quantitative estimate of drug-likeness (QED) is 0.0268. The fraction of sp³-hybridized carbons (Fsp3) is 0.830. The van der Waals surface area contributed by atoms with E-state index >= 15 is 0 Å². The summed E-state index contributed by atoms with van der Waals surface area (Å²) in [5.41, 5.74) is 0. The van der Waals surface area contributed by atoms with Gasteiger partial charge in [0.2, 0.25) is 0 Å². The molecule has 1 saturated heterocycles. The van der Waals surface area contributed by atoms with Gasteiger partial charge < -0.3 is 39.4 Å². The molecule has 0 bridgehead atoms. The Morgan fingerprint density at radius 2 is 0.984 bits per heavy atom. The van der Waals surface area contributed by atoms with Crippen molar-refractivity contribution in [1.82, 2.24) is 0 Å². The van der Waals surface area contributed by atoms with Crippen LogP contribution in [0, 0.1) is 0 Å². The van der Waals surface area contributed by atoms with Crippen molar-refractivity contribution in [1.29, 1.82) is 0 Å². The summed E-state index contributed by atoms with van der Waals surface area (Å²) in [4.78, 5) is 12.8. The van der Waals surface area contributed by atoms with Gasteiger partial charge in [-0.05, 0) is 70.6 Å². The molecule has 0 amide bonds. The zero-order chi connectivity index (χ0) is 45.0. The number of aliphatic hydroxyl groups excluding tert-OH is 4. The topological polar surface area (TPSA) is 135 Å². The Bertz CT molecular complexity index is 1090. The third-order valence-electron chi connectivity index (χ3n) is 11.7. The molecule has 6 unspecified atom stereocenters. The van der Waals surface area contributed by atoms with Gasteiger partial charge >= 0.3 is 5.97 Å². The molecule has 0 aliphatic carbocycles. The molecule has 1 aliphatic heterocycles. The van der Waals surface area contributed by atoms with Gasteiger partial charge in [-0.1, -0.05) is 191 Å². The number of allylic oxidation sites excluding steroid dienone is 8. The minimum absolute atomic E-state index is 0.125. The lowest BCUT2D eigenvalue weighted by Gasteiger charge is -2.39. The van der Waals surface area contributed by atoms with Crippen LogP contribution in [0.2, 0.25) is 0 Å². The van der Waals surface area contributed by atoms with Crippen molar-refractivity contribution in [3.05, 3.63) is 48.6 Å². The van der Waals surface area contributed by atoms with Crippen molar-refractivity contribution in [3.8, 4) is 0 Å². The van der Waals surface area contributed by atoms with Crippen LogP contribution < -0.4 is 0 Å². The summed E-state index contributed by atoms with van der Waals surface area (Å²) in [6.45, 7) is 4.42. The SMILES string of the molecule is CC/C=C\C/C=C\C/C=C\CCCCCC(=O)OC(COCCCCCCCCCCCCCCCC/C=C\CCCCCCCCCC)COC1OC(CO)C(O)C(O)C1O. The van der Waals surface area contributed by atoms with E-state index in [0.717, 1.165) is 57.8 Å². The molecule has 1 fully saturated rings. The molecule has 1 rings (SSSR count). The number of esters is 1. The van der Waals surface area contributed by atoms with Crippen molar-refractivity contribution in [2.24, 2.45) is 0 Å². The average Bonchev–Trinajstić information content (AvgIpc) is 3.27. The van der Waals surface area contributed by atoms with E-state index in [-0.39, 0.29) is 25.6 Å². The van der Waals surface area contributed by atoms with E-state index in [1.54, 1.807) is 0 Å². The molecule has 0 radical (unpaired) electrons. The van der Waals surface area contributed by atoms with Crippen molar-refractivity contribution < 1.29 is 44.2 Å². The summed E-state index contributed by atoms with van der Waals surface area (Å²) in [7, 11) is 0. The third kappa shape index (κ3) is 34.5. The van der Waals surface area contributed by atoms with Gasteiger partial charge in [-0.15, -0.1) is 0 Å². The zero-order valence-corrected chi connectivity index (χ0v) is 39.9. The second-order valence-corrected chi connectivity index (χ2v) is 17.6. The van der Waals surface area contributed by atoms with E-state index in [1.165, 1.54) is 141 Å². The number of hydrogen-bond donors (Lipinski definition) is 4. The first-order chi connectivity index (χ1) is 30.4. The maximum Gasteiger partial charge on any atom is 0.306 e. The van der Waals surface area contributed by atoms with E-state index < -0.39 is 43.4 Å². The number of carbonyl (C=O) groups is 1.